The fraction of sp³-hybridized carbons (Fsp3) is 0.571. The number of hydrogen-bond donors (Lipinski definition) is 1. The minimum atomic E-state index is 0.606. The van der Waals surface area contributed by atoms with Crippen molar-refractivity contribution < 1.29 is 0 Å². The number of aryl methyl sites for hydroxylation is 2. The van der Waals surface area contributed by atoms with Crippen LogP contribution in [0.15, 0.2) is 30.9 Å². The summed E-state index contributed by atoms with van der Waals surface area (Å²) in [4.78, 5) is 13.1. The standard InChI is InChI=1S/C21H30N4/c1-2-17(19-14-22-16-23-15-19)8-5-3-4-6-10-20-12-11-18-9-7-13-24-21(18)25-20/h11-12,14-17H,2-10,13H2,1H3,(H,24,25). The normalized spacial score (nSPS) is 14.6. The molecule has 0 spiro atoms. The Bertz CT molecular complexity index is 642. The van der Waals surface area contributed by atoms with Crippen LogP contribution in [0.3, 0.4) is 0 Å². The minimum absolute atomic E-state index is 0.606. The zero-order chi connectivity index (χ0) is 17.3. The van der Waals surface area contributed by atoms with Crippen LogP contribution in [0.5, 0.6) is 0 Å². The van der Waals surface area contributed by atoms with Gasteiger partial charge in [-0.25, -0.2) is 15.0 Å². The third-order valence-electron chi connectivity index (χ3n) is 5.23. The van der Waals surface area contributed by atoms with Gasteiger partial charge in [0.25, 0.3) is 0 Å². The van der Waals surface area contributed by atoms with E-state index in [1.807, 2.05) is 12.4 Å². The van der Waals surface area contributed by atoms with Gasteiger partial charge in [-0.3, -0.25) is 0 Å². The van der Waals surface area contributed by atoms with Crippen molar-refractivity contribution in [1.82, 2.24) is 15.0 Å². The van der Waals surface area contributed by atoms with E-state index in [2.05, 4.69) is 34.3 Å². The molecule has 2 aromatic rings. The summed E-state index contributed by atoms with van der Waals surface area (Å²) in [6, 6.07) is 4.48. The fourth-order valence-electron chi connectivity index (χ4n) is 3.69. The van der Waals surface area contributed by atoms with Gasteiger partial charge >= 0.3 is 0 Å². The van der Waals surface area contributed by atoms with Crippen molar-refractivity contribution in [3.63, 3.8) is 0 Å². The number of nitrogens with one attached hydrogen (secondary N) is 1. The lowest BCUT2D eigenvalue weighted by Crippen LogP contribution is -2.13. The maximum absolute atomic E-state index is 4.79. The summed E-state index contributed by atoms with van der Waals surface area (Å²) in [6.45, 7) is 3.32. The van der Waals surface area contributed by atoms with Crippen LogP contribution in [-0.2, 0) is 12.8 Å². The van der Waals surface area contributed by atoms with E-state index < -0.39 is 0 Å². The van der Waals surface area contributed by atoms with Crippen LogP contribution in [-0.4, -0.2) is 21.5 Å². The summed E-state index contributed by atoms with van der Waals surface area (Å²) >= 11 is 0. The van der Waals surface area contributed by atoms with Crippen LogP contribution in [0.25, 0.3) is 0 Å². The molecule has 1 unspecified atom stereocenters. The molecule has 1 N–H and O–H groups in total. The van der Waals surface area contributed by atoms with Gasteiger partial charge in [0, 0.05) is 24.6 Å². The summed E-state index contributed by atoms with van der Waals surface area (Å²) in [5.41, 5.74) is 3.90. The summed E-state index contributed by atoms with van der Waals surface area (Å²) in [7, 11) is 0. The molecule has 3 rings (SSSR count). The molecule has 3 heterocycles. The van der Waals surface area contributed by atoms with E-state index in [1.54, 1.807) is 6.33 Å². The van der Waals surface area contributed by atoms with Crippen LogP contribution < -0.4 is 5.32 Å². The van der Waals surface area contributed by atoms with Crippen LogP contribution in [0.4, 0.5) is 5.82 Å². The van der Waals surface area contributed by atoms with Crippen LogP contribution in [0, 0.1) is 0 Å². The Balaban J connectivity index is 1.35. The molecule has 0 aliphatic carbocycles. The highest BCUT2D eigenvalue weighted by Crippen LogP contribution is 2.25. The number of hydrogen-bond acceptors (Lipinski definition) is 4. The molecule has 0 saturated carbocycles. The first-order valence-corrected chi connectivity index (χ1v) is 9.84. The van der Waals surface area contributed by atoms with E-state index in [0.717, 1.165) is 18.8 Å². The Morgan fingerprint density at radius 1 is 1.08 bits per heavy atom. The second-order valence-electron chi connectivity index (χ2n) is 7.07. The topological polar surface area (TPSA) is 50.7 Å². The third-order valence-corrected chi connectivity index (χ3v) is 5.23. The summed E-state index contributed by atoms with van der Waals surface area (Å²) < 4.78 is 0. The van der Waals surface area contributed by atoms with Crippen LogP contribution in [0.1, 0.15) is 74.6 Å². The molecule has 0 saturated heterocycles. The molecule has 0 radical (unpaired) electrons. The van der Waals surface area contributed by atoms with Crippen molar-refractivity contribution >= 4 is 5.82 Å². The van der Waals surface area contributed by atoms with E-state index in [4.69, 9.17) is 4.98 Å². The molecule has 0 amide bonds. The molecular formula is C21H30N4. The zero-order valence-electron chi connectivity index (χ0n) is 15.4. The molecule has 25 heavy (non-hydrogen) atoms. The molecule has 0 bridgehead atoms. The molecule has 134 valence electrons. The van der Waals surface area contributed by atoms with Crippen molar-refractivity contribution in [2.75, 3.05) is 11.9 Å². The quantitative estimate of drug-likeness (QED) is 0.660. The van der Waals surface area contributed by atoms with E-state index >= 15 is 0 Å². The number of aromatic nitrogens is 3. The Morgan fingerprint density at radius 2 is 1.92 bits per heavy atom. The second kappa shape index (κ2) is 9.50. The highest BCUT2D eigenvalue weighted by Gasteiger charge is 2.11. The lowest BCUT2D eigenvalue weighted by atomic mass is 9.92. The van der Waals surface area contributed by atoms with Gasteiger partial charge < -0.3 is 5.32 Å². The molecule has 4 nitrogen and oxygen atoms in total. The Hall–Kier alpha value is -1.97. The van der Waals surface area contributed by atoms with Crippen molar-refractivity contribution in [3.05, 3.63) is 47.7 Å². The lowest BCUT2D eigenvalue weighted by Gasteiger charge is -2.17. The van der Waals surface area contributed by atoms with Crippen LogP contribution >= 0.6 is 0 Å². The van der Waals surface area contributed by atoms with E-state index in [9.17, 15) is 0 Å². The predicted octanol–water partition coefficient (Wildman–Crippen LogP) is 4.92. The highest BCUT2D eigenvalue weighted by molar-refractivity contribution is 5.46. The van der Waals surface area contributed by atoms with E-state index in [-0.39, 0.29) is 0 Å². The van der Waals surface area contributed by atoms with E-state index in [0.29, 0.717) is 5.92 Å². The van der Waals surface area contributed by atoms with E-state index in [1.165, 1.54) is 68.2 Å². The maximum Gasteiger partial charge on any atom is 0.129 e. The first kappa shape index (κ1) is 17.8. The molecule has 1 atom stereocenters. The average Bonchev–Trinajstić information content (AvgIpc) is 2.68. The molecule has 0 aromatic carbocycles. The Morgan fingerprint density at radius 3 is 2.76 bits per heavy atom. The van der Waals surface area contributed by atoms with Crippen molar-refractivity contribution in [3.8, 4) is 0 Å². The molecule has 1 aliphatic rings. The Kier molecular flexibility index (Phi) is 6.78. The zero-order valence-corrected chi connectivity index (χ0v) is 15.4. The van der Waals surface area contributed by atoms with Gasteiger partial charge in [-0.2, -0.15) is 0 Å². The Labute approximate surface area is 151 Å². The van der Waals surface area contributed by atoms with Crippen molar-refractivity contribution in [1.29, 1.82) is 0 Å². The van der Waals surface area contributed by atoms with Gasteiger partial charge in [0.1, 0.15) is 12.1 Å². The second-order valence-corrected chi connectivity index (χ2v) is 7.07. The number of unbranched alkanes of at least 4 members (excludes halogenated alkanes) is 3. The minimum Gasteiger partial charge on any atom is -0.370 e. The summed E-state index contributed by atoms with van der Waals surface area (Å²) in [5, 5.41) is 3.43. The number of pyridine rings is 1. The van der Waals surface area contributed by atoms with Crippen molar-refractivity contribution in [2.24, 2.45) is 0 Å². The first-order chi connectivity index (χ1) is 12.4. The first-order valence-electron chi connectivity index (χ1n) is 9.84. The monoisotopic (exact) mass is 338 g/mol. The largest absolute Gasteiger partial charge is 0.370 e. The van der Waals surface area contributed by atoms with Gasteiger partial charge in [-0.05, 0) is 61.6 Å². The van der Waals surface area contributed by atoms with Crippen molar-refractivity contribution in [2.45, 2.75) is 70.6 Å². The van der Waals surface area contributed by atoms with Gasteiger partial charge in [-0.1, -0.05) is 32.3 Å². The summed E-state index contributed by atoms with van der Waals surface area (Å²) in [5.74, 6) is 1.73. The SMILES string of the molecule is CCC(CCCCCCc1ccc2c(n1)NCCC2)c1cncnc1. The predicted molar refractivity (Wildman–Crippen MR) is 103 cm³/mol. The van der Waals surface area contributed by atoms with Gasteiger partial charge in [0.05, 0.1) is 0 Å². The molecule has 2 aromatic heterocycles. The smallest absolute Gasteiger partial charge is 0.129 e. The number of nitrogens with zero attached hydrogens (tertiary/aromatic N) is 3. The number of fused-ring (bicyclic) bond motifs is 1. The van der Waals surface area contributed by atoms with Gasteiger partial charge in [0.15, 0.2) is 0 Å². The average molecular weight is 338 g/mol. The van der Waals surface area contributed by atoms with Crippen LogP contribution in [0.2, 0.25) is 0 Å². The molecule has 0 fully saturated rings. The van der Waals surface area contributed by atoms with Gasteiger partial charge in [-0.15, -0.1) is 0 Å². The molecule has 1 aliphatic heterocycles. The third kappa shape index (κ3) is 5.25. The maximum atomic E-state index is 4.79. The number of anilines is 1. The lowest BCUT2D eigenvalue weighted by molar-refractivity contribution is 0.534. The highest BCUT2D eigenvalue weighted by atomic mass is 15.0. The van der Waals surface area contributed by atoms with Gasteiger partial charge in [0.2, 0.25) is 0 Å². The number of rotatable bonds is 9. The fourth-order valence-corrected chi connectivity index (χ4v) is 3.69. The summed E-state index contributed by atoms with van der Waals surface area (Å²) in [6.07, 6.45) is 16.5. The molecular weight excluding hydrogens is 308 g/mol. The molecule has 4 heteroatoms.